The molecule has 2 rings (SSSR count). The summed E-state index contributed by atoms with van der Waals surface area (Å²) in [5.41, 5.74) is 5.42. The fourth-order valence-electron chi connectivity index (χ4n) is 6.86. The van der Waals surface area contributed by atoms with E-state index in [-0.39, 0.29) is 35.9 Å². The summed E-state index contributed by atoms with van der Waals surface area (Å²) in [7, 11) is -4.95. The van der Waals surface area contributed by atoms with Crippen LogP contribution >= 0.6 is 17.2 Å². The number of rotatable bonds is 20. The standard InChI is InChI=1S/C37H62O6P2/c1-9-11-17-30(32-19-13-15-21-34(32)36(3,4)5)24-28(26-42-44(38)39)23-29(27-43-45(40)41)25-31(18-12-10-2)33-20-14-16-22-35(33)37(6,7)8/h13-16,19-22,28-31,38-41H,9-12,17-18,23-27H2,1-8H3. The Kier molecular flexibility index (Phi) is 17.7. The van der Waals surface area contributed by atoms with E-state index in [9.17, 15) is 19.6 Å². The van der Waals surface area contributed by atoms with E-state index in [0.29, 0.717) is 11.8 Å². The smallest absolute Gasteiger partial charge is 0.327 e. The molecule has 4 unspecified atom stereocenters. The quantitative estimate of drug-likeness (QED) is 0.105. The van der Waals surface area contributed by atoms with Gasteiger partial charge in [0.05, 0.1) is 13.2 Å². The summed E-state index contributed by atoms with van der Waals surface area (Å²) in [4.78, 5) is 39.1. The van der Waals surface area contributed by atoms with Crippen LogP contribution in [0.2, 0.25) is 0 Å². The van der Waals surface area contributed by atoms with Crippen LogP contribution in [0.1, 0.15) is 147 Å². The van der Waals surface area contributed by atoms with Gasteiger partial charge in [-0.15, -0.1) is 0 Å². The highest BCUT2D eigenvalue weighted by molar-refractivity contribution is 7.39. The molecule has 2 aromatic rings. The minimum absolute atomic E-state index is 0.000315. The zero-order valence-electron chi connectivity index (χ0n) is 29.2. The van der Waals surface area contributed by atoms with E-state index in [1.54, 1.807) is 0 Å². The van der Waals surface area contributed by atoms with Gasteiger partial charge in [0.1, 0.15) is 0 Å². The summed E-state index contributed by atoms with van der Waals surface area (Å²) in [6, 6.07) is 17.5. The number of hydrogen-bond acceptors (Lipinski definition) is 6. The fourth-order valence-corrected chi connectivity index (χ4v) is 7.55. The molecule has 0 amide bonds. The van der Waals surface area contributed by atoms with Gasteiger partial charge >= 0.3 is 17.2 Å². The Bertz CT molecular complexity index is 1010. The van der Waals surface area contributed by atoms with E-state index in [1.807, 2.05) is 0 Å². The van der Waals surface area contributed by atoms with Crippen molar-refractivity contribution in [2.75, 3.05) is 13.2 Å². The van der Waals surface area contributed by atoms with Gasteiger partial charge in [-0.05, 0) is 88.9 Å². The Morgan fingerprint density at radius 2 is 0.933 bits per heavy atom. The molecule has 0 aromatic heterocycles. The van der Waals surface area contributed by atoms with Crippen LogP contribution in [0.15, 0.2) is 48.5 Å². The molecule has 0 aliphatic heterocycles. The lowest BCUT2D eigenvalue weighted by Gasteiger charge is -2.33. The van der Waals surface area contributed by atoms with Gasteiger partial charge in [0.15, 0.2) is 0 Å². The highest BCUT2D eigenvalue weighted by atomic mass is 31.2. The van der Waals surface area contributed by atoms with Gasteiger partial charge < -0.3 is 28.6 Å². The van der Waals surface area contributed by atoms with E-state index in [2.05, 4.69) is 104 Å². The predicted molar refractivity (Wildman–Crippen MR) is 190 cm³/mol. The molecule has 4 N–H and O–H groups in total. The van der Waals surface area contributed by atoms with Crippen molar-refractivity contribution in [1.82, 2.24) is 0 Å². The monoisotopic (exact) mass is 664 g/mol. The molecule has 4 atom stereocenters. The van der Waals surface area contributed by atoms with Gasteiger partial charge in [0.2, 0.25) is 0 Å². The van der Waals surface area contributed by atoms with E-state index in [4.69, 9.17) is 9.05 Å². The van der Waals surface area contributed by atoms with Crippen LogP contribution in [-0.4, -0.2) is 32.8 Å². The first-order chi connectivity index (χ1) is 21.2. The predicted octanol–water partition coefficient (Wildman–Crippen LogP) is 10.4. The maximum Gasteiger partial charge on any atom is 0.327 e. The third-order valence-electron chi connectivity index (χ3n) is 8.98. The Hall–Kier alpha value is -0.940. The zero-order chi connectivity index (χ0) is 33.6. The third-order valence-corrected chi connectivity index (χ3v) is 9.74. The van der Waals surface area contributed by atoms with E-state index in [0.717, 1.165) is 57.8 Å². The Morgan fingerprint density at radius 1 is 0.578 bits per heavy atom. The van der Waals surface area contributed by atoms with Crippen LogP contribution < -0.4 is 0 Å². The Balaban J connectivity index is 2.50. The lowest BCUT2D eigenvalue weighted by molar-refractivity contribution is 0.141. The number of benzene rings is 2. The minimum Gasteiger partial charge on any atom is -0.328 e. The van der Waals surface area contributed by atoms with Crippen molar-refractivity contribution in [1.29, 1.82) is 0 Å². The molecule has 0 saturated heterocycles. The normalized spacial score (nSPS) is 15.4. The Labute approximate surface area is 277 Å². The van der Waals surface area contributed by atoms with Gasteiger partial charge in [-0.3, -0.25) is 0 Å². The van der Waals surface area contributed by atoms with Gasteiger partial charge in [0, 0.05) is 0 Å². The molecule has 256 valence electrons. The fraction of sp³-hybridized carbons (Fsp3) is 0.676. The first kappa shape index (κ1) is 40.2. The topological polar surface area (TPSA) is 99.4 Å². The molecule has 0 fully saturated rings. The van der Waals surface area contributed by atoms with Crippen LogP contribution in [0.4, 0.5) is 0 Å². The molecule has 2 aromatic carbocycles. The van der Waals surface area contributed by atoms with Crippen molar-refractivity contribution in [3.05, 3.63) is 70.8 Å². The van der Waals surface area contributed by atoms with Crippen LogP contribution in [0.5, 0.6) is 0 Å². The average Bonchev–Trinajstić information content (AvgIpc) is 2.97. The second kappa shape index (κ2) is 19.8. The summed E-state index contributed by atoms with van der Waals surface area (Å²) < 4.78 is 11.1. The summed E-state index contributed by atoms with van der Waals surface area (Å²) in [5.74, 6) is 0.658. The maximum absolute atomic E-state index is 9.76. The lowest BCUT2D eigenvalue weighted by atomic mass is 9.73. The molecule has 8 heteroatoms. The van der Waals surface area contributed by atoms with Crippen LogP contribution in [0.3, 0.4) is 0 Å². The largest absolute Gasteiger partial charge is 0.328 e. The molecule has 0 bridgehead atoms. The van der Waals surface area contributed by atoms with Crippen molar-refractivity contribution in [2.45, 2.75) is 136 Å². The molecular weight excluding hydrogens is 602 g/mol. The zero-order valence-corrected chi connectivity index (χ0v) is 31.0. The summed E-state index contributed by atoms with van der Waals surface area (Å²) in [6.07, 6.45) is 8.94. The van der Waals surface area contributed by atoms with Gasteiger partial charge in [-0.2, -0.15) is 0 Å². The summed E-state index contributed by atoms with van der Waals surface area (Å²) >= 11 is 0. The van der Waals surface area contributed by atoms with Crippen molar-refractivity contribution in [3.63, 3.8) is 0 Å². The SMILES string of the molecule is CCCCC(CC(COP(O)O)CC(COP(O)O)CC(CCCC)c1ccccc1C(C)(C)C)c1ccccc1C(C)(C)C. The van der Waals surface area contributed by atoms with Crippen molar-refractivity contribution in [3.8, 4) is 0 Å². The molecule has 0 radical (unpaired) electrons. The molecule has 0 heterocycles. The van der Waals surface area contributed by atoms with E-state index >= 15 is 0 Å². The van der Waals surface area contributed by atoms with E-state index < -0.39 is 17.2 Å². The van der Waals surface area contributed by atoms with Crippen molar-refractivity contribution in [2.24, 2.45) is 11.8 Å². The molecule has 0 spiro atoms. The molecule has 6 nitrogen and oxygen atoms in total. The highest BCUT2D eigenvalue weighted by Gasteiger charge is 2.30. The van der Waals surface area contributed by atoms with Gasteiger partial charge in [-0.1, -0.05) is 130 Å². The molecule has 45 heavy (non-hydrogen) atoms. The molecule has 0 aliphatic rings. The van der Waals surface area contributed by atoms with Crippen LogP contribution in [0, 0.1) is 11.8 Å². The first-order valence-electron chi connectivity index (χ1n) is 17.0. The molecule has 0 saturated carbocycles. The molecule has 0 aliphatic carbocycles. The summed E-state index contributed by atoms with van der Waals surface area (Å²) in [6.45, 7) is 18.5. The van der Waals surface area contributed by atoms with Crippen LogP contribution in [0.25, 0.3) is 0 Å². The second-order valence-electron chi connectivity index (χ2n) is 14.9. The van der Waals surface area contributed by atoms with Gasteiger partial charge in [0.25, 0.3) is 0 Å². The number of unbranched alkanes of at least 4 members (excludes halogenated alkanes) is 2. The highest BCUT2D eigenvalue weighted by Crippen LogP contribution is 2.42. The number of hydrogen-bond donors (Lipinski definition) is 4. The second-order valence-corrected chi connectivity index (χ2v) is 16.4. The van der Waals surface area contributed by atoms with Gasteiger partial charge in [-0.25, -0.2) is 0 Å². The molecular formula is C37H62O6P2. The first-order valence-corrected chi connectivity index (χ1v) is 19.3. The van der Waals surface area contributed by atoms with E-state index in [1.165, 1.54) is 22.3 Å². The summed E-state index contributed by atoms with van der Waals surface area (Å²) in [5, 5.41) is 0. The van der Waals surface area contributed by atoms with Crippen molar-refractivity contribution >= 4 is 17.2 Å². The van der Waals surface area contributed by atoms with Crippen molar-refractivity contribution < 1.29 is 28.6 Å². The lowest BCUT2D eigenvalue weighted by Crippen LogP contribution is -2.24. The minimum atomic E-state index is -2.48. The third kappa shape index (κ3) is 14.4. The van der Waals surface area contributed by atoms with Crippen LogP contribution in [-0.2, 0) is 19.9 Å². The maximum atomic E-state index is 9.76. The Morgan fingerprint density at radius 3 is 1.24 bits per heavy atom. The average molecular weight is 665 g/mol.